The molecule has 1 saturated heterocycles. The minimum atomic E-state index is -0.0314. The van der Waals surface area contributed by atoms with Crippen molar-refractivity contribution in [2.24, 2.45) is 0 Å². The van der Waals surface area contributed by atoms with Gasteiger partial charge in [0.1, 0.15) is 0 Å². The first-order valence-electron chi connectivity index (χ1n) is 8.52. The number of aryl methyl sites for hydroxylation is 1. The highest BCUT2D eigenvalue weighted by molar-refractivity contribution is 7.13. The van der Waals surface area contributed by atoms with E-state index in [-0.39, 0.29) is 5.91 Å². The highest BCUT2D eigenvalue weighted by Gasteiger charge is 2.26. The first kappa shape index (κ1) is 16.0. The van der Waals surface area contributed by atoms with Gasteiger partial charge < -0.3 is 10.2 Å². The summed E-state index contributed by atoms with van der Waals surface area (Å²) in [5, 5.41) is 7.16. The molecule has 0 bridgehead atoms. The molecular weight excluding hydrogens is 332 g/mol. The van der Waals surface area contributed by atoms with Gasteiger partial charge in [-0.05, 0) is 49.6 Å². The molecule has 1 aliphatic rings. The van der Waals surface area contributed by atoms with E-state index in [1.807, 2.05) is 42.8 Å². The lowest BCUT2D eigenvalue weighted by atomic mass is 10.1. The van der Waals surface area contributed by atoms with Crippen LogP contribution in [-0.4, -0.2) is 35.0 Å². The van der Waals surface area contributed by atoms with Crippen molar-refractivity contribution in [3.8, 4) is 0 Å². The molecule has 0 saturated carbocycles. The third kappa shape index (κ3) is 3.22. The highest BCUT2D eigenvalue weighted by atomic mass is 32.1. The molecule has 0 spiro atoms. The molecule has 5 nitrogen and oxygen atoms in total. The summed E-state index contributed by atoms with van der Waals surface area (Å²) in [5.41, 5.74) is 2.73. The van der Waals surface area contributed by atoms with Crippen LogP contribution in [0.5, 0.6) is 0 Å². The zero-order valence-electron chi connectivity index (χ0n) is 14.1. The second-order valence-electron chi connectivity index (χ2n) is 6.37. The Bertz CT molecular complexity index is 894. The van der Waals surface area contributed by atoms with E-state index < -0.39 is 0 Å². The average molecular weight is 352 g/mol. The van der Waals surface area contributed by atoms with Crippen LogP contribution >= 0.6 is 11.3 Å². The Morgan fingerprint density at radius 2 is 2.24 bits per heavy atom. The third-order valence-corrected chi connectivity index (χ3v) is 5.57. The lowest BCUT2D eigenvalue weighted by Gasteiger charge is -2.24. The van der Waals surface area contributed by atoms with Crippen LogP contribution in [0.1, 0.15) is 28.8 Å². The zero-order chi connectivity index (χ0) is 17.2. The molecule has 6 heteroatoms. The number of carbonyl (C=O) groups excluding carboxylic acids is 1. The number of amides is 1. The maximum atomic E-state index is 12.6. The second kappa shape index (κ2) is 6.80. The van der Waals surface area contributed by atoms with Crippen LogP contribution in [0.15, 0.2) is 42.0 Å². The van der Waals surface area contributed by atoms with Crippen LogP contribution in [0.25, 0.3) is 10.9 Å². The summed E-state index contributed by atoms with van der Waals surface area (Å²) >= 11 is 1.65. The Balaban J connectivity index is 1.46. The molecule has 128 valence electrons. The Morgan fingerprint density at radius 3 is 3.08 bits per heavy atom. The van der Waals surface area contributed by atoms with E-state index in [0.717, 1.165) is 41.0 Å². The number of benzene rings is 1. The van der Waals surface area contributed by atoms with Crippen LogP contribution in [0, 0.1) is 6.92 Å². The topological polar surface area (TPSA) is 58.1 Å². The van der Waals surface area contributed by atoms with E-state index in [1.165, 1.54) is 0 Å². The summed E-state index contributed by atoms with van der Waals surface area (Å²) in [6.07, 6.45) is 5.85. The molecule has 0 radical (unpaired) electrons. The molecule has 0 aliphatic carbocycles. The van der Waals surface area contributed by atoms with Gasteiger partial charge in [0.15, 0.2) is 5.13 Å². The lowest BCUT2D eigenvalue weighted by Crippen LogP contribution is -2.40. The maximum absolute atomic E-state index is 12.6. The van der Waals surface area contributed by atoms with E-state index in [0.29, 0.717) is 18.2 Å². The zero-order valence-corrected chi connectivity index (χ0v) is 14.9. The predicted molar refractivity (Wildman–Crippen MR) is 101 cm³/mol. The molecule has 1 aliphatic heterocycles. The number of fused-ring (bicyclic) bond motifs is 1. The molecule has 1 unspecified atom stereocenters. The summed E-state index contributed by atoms with van der Waals surface area (Å²) in [7, 11) is 0. The van der Waals surface area contributed by atoms with Gasteiger partial charge in [0, 0.05) is 47.9 Å². The average Bonchev–Trinajstić information content (AvgIpc) is 3.31. The summed E-state index contributed by atoms with van der Waals surface area (Å²) in [6, 6.07) is 7.97. The van der Waals surface area contributed by atoms with Gasteiger partial charge in [-0.2, -0.15) is 0 Å². The quantitative estimate of drug-likeness (QED) is 0.782. The normalized spacial score (nSPS) is 17.2. The van der Waals surface area contributed by atoms with Crippen molar-refractivity contribution < 1.29 is 4.79 Å². The van der Waals surface area contributed by atoms with E-state index in [1.54, 1.807) is 17.5 Å². The number of nitrogens with zero attached hydrogens (tertiary/aromatic N) is 3. The van der Waals surface area contributed by atoms with Crippen molar-refractivity contribution >= 4 is 33.3 Å². The van der Waals surface area contributed by atoms with Crippen molar-refractivity contribution in [3.63, 3.8) is 0 Å². The lowest BCUT2D eigenvalue weighted by molar-refractivity contribution is 0.0951. The fourth-order valence-corrected chi connectivity index (χ4v) is 4.14. The number of nitrogens with one attached hydrogen (secondary N) is 1. The van der Waals surface area contributed by atoms with Gasteiger partial charge in [-0.25, -0.2) is 4.98 Å². The summed E-state index contributed by atoms with van der Waals surface area (Å²) in [4.78, 5) is 23.6. The fraction of sp³-hybridized carbons (Fsp3) is 0.316. The molecule has 1 atom stereocenters. The standard InChI is InChI=1S/C19H20N4OS/c1-13-6-7-20-17-5-4-14(11-16(13)17)18(24)22-12-15-3-2-9-23(15)19-21-8-10-25-19/h4-8,10-11,15H,2-3,9,12H2,1H3,(H,22,24). The van der Waals surface area contributed by atoms with E-state index in [4.69, 9.17) is 0 Å². The van der Waals surface area contributed by atoms with Gasteiger partial charge in [-0.15, -0.1) is 11.3 Å². The molecule has 1 aromatic carbocycles. The number of carbonyl (C=O) groups is 1. The van der Waals surface area contributed by atoms with Crippen LogP contribution in [0.2, 0.25) is 0 Å². The number of anilines is 1. The van der Waals surface area contributed by atoms with Crippen molar-refractivity contribution in [2.75, 3.05) is 18.0 Å². The van der Waals surface area contributed by atoms with Gasteiger partial charge in [-0.3, -0.25) is 9.78 Å². The second-order valence-corrected chi connectivity index (χ2v) is 7.25. The molecular formula is C19H20N4OS. The molecule has 1 amide bonds. The number of hydrogen-bond donors (Lipinski definition) is 1. The van der Waals surface area contributed by atoms with Gasteiger partial charge in [0.05, 0.1) is 5.52 Å². The van der Waals surface area contributed by atoms with Gasteiger partial charge in [-0.1, -0.05) is 0 Å². The smallest absolute Gasteiger partial charge is 0.251 e. The number of pyridine rings is 1. The van der Waals surface area contributed by atoms with Gasteiger partial charge >= 0.3 is 0 Å². The molecule has 3 aromatic rings. The van der Waals surface area contributed by atoms with Crippen LogP contribution in [0.4, 0.5) is 5.13 Å². The van der Waals surface area contributed by atoms with Crippen molar-refractivity contribution in [3.05, 3.63) is 53.2 Å². The van der Waals surface area contributed by atoms with Gasteiger partial charge in [0.2, 0.25) is 0 Å². The summed E-state index contributed by atoms with van der Waals surface area (Å²) in [5.74, 6) is -0.0314. The van der Waals surface area contributed by atoms with Crippen molar-refractivity contribution in [2.45, 2.75) is 25.8 Å². The molecule has 25 heavy (non-hydrogen) atoms. The van der Waals surface area contributed by atoms with E-state index in [2.05, 4.69) is 20.2 Å². The molecule has 4 rings (SSSR count). The first-order chi connectivity index (χ1) is 12.2. The summed E-state index contributed by atoms with van der Waals surface area (Å²) in [6.45, 7) is 3.69. The Hall–Kier alpha value is -2.47. The monoisotopic (exact) mass is 352 g/mol. The SMILES string of the molecule is Cc1ccnc2ccc(C(=O)NCC3CCCN3c3nccs3)cc12. The Morgan fingerprint density at radius 1 is 1.32 bits per heavy atom. The highest BCUT2D eigenvalue weighted by Crippen LogP contribution is 2.26. The first-order valence-corrected chi connectivity index (χ1v) is 9.40. The van der Waals surface area contributed by atoms with E-state index in [9.17, 15) is 4.79 Å². The number of aromatic nitrogens is 2. The number of rotatable bonds is 4. The van der Waals surface area contributed by atoms with Crippen LogP contribution in [-0.2, 0) is 0 Å². The Kier molecular flexibility index (Phi) is 4.36. The number of thiazole rings is 1. The molecule has 1 N–H and O–H groups in total. The predicted octanol–water partition coefficient (Wildman–Crippen LogP) is 3.40. The van der Waals surface area contributed by atoms with Crippen LogP contribution < -0.4 is 10.2 Å². The van der Waals surface area contributed by atoms with Crippen molar-refractivity contribution in [1.82, 2.24) is 15.3 Å². The maximum Gasteiger partial charge on any atom is 0.251 e. The van der Waals surface area contributed by atoms with Crippen LogP contribution in [0.3, 0.4) is 0 Å². The van der Waals surface area contributed by atoms with E-state index >= 15 is 0 Å². The largest absolute Gasteiger partial charge is 0.350 e. The minimum Gasteiger partial charge on any atom is -0.350 e. The summed E-state index contributed by atoms with van der Waals surface area (Å²) < 4.78 is 0. The minimum absolute atomic E-state index is 0.0314. The number of hydrogen-bond acceptors (Lipinski definition) is 5. The molecule has 1 fully saturated rings. The van der Waals surface area contributed by atoms with Gasteiger partial charge in [0.25, 0.3) is 5.91 Å². The molecule has 3 heterocycles. The third-order valence-electron chi connectivity index (χ3n) is 4.76. The molecule has 2 aromatic heterocycles. The van der Waals surface area contributed by atoms with Crippen molar-refractivity contribution in [1.29, 1.82) is 0 Å². The fourth-order valence-electron chi connectivity index (χ4n) is 3.39. The Labute approximate surface area is 150 Å².